The summed E-state index contributed by atoms with van der Waals surface area (Å²) in [5.41, 5.74) is 0.597. The van der Waals surface area contributed by atoms with Gasteiger partial charge in [0.2, 0.25) is 0 Å². The van der Waals surface area contributed by atoms with Crippen molar-refractivity contribution in [1.29, 1.82) is 5.26 Å². The Morgan fingerprint density at radius 1 is 1.45 bits per heavy atom. The number of piperidine rings is 1. The van der Waals surface area contributed by atoms with Crippen molar-refractivity contribution in [2.24, 2.45) is 5.92 Å². The summed E-state index contributed by atoms with van der Waals surface area (Å²) in [5, 5.41) is 14.4. The number of hydrogen-bond acceptors (Lipinski definition) is 5. The monoisotopic (exact) mass is 312 g/mol. The molecule has 1 fully saturated rings. The Morgan fingerprint density at radius 3 is 3.05 bits per heavy atom. The molecule has 3 heterocycles. The number of nitrogens with one attached hydrogen (secondary N) is 1. The number of aromatic nitrogens is 1. The van der Waals surface area contributed by atoms with Crippen LogP contribution < -0.4 is 5.32 Å². The van der Waals surface area contributed by atoms with Gasteiger partial charge in [-0.25, -0.2) is 4.98 Å². The predicted molar refractivity (Wildman–Crippen MR) is 89.9 cm³/mol. The summed E-state index contributed by atoms with van der Waals surface area (Å²) >= 11 is 1.84. The molecule has 114 valence electrons. The Labute approximate surface area is 135 Å². The van der Waals surface area contributed by atoms with Crippen LogP contribution in [0.2, 0.25) is 0 Å². The summed E-state index contributed by atoms with van der Waals surface area (Å²) in [6, 6.07) is 10.6. The Balaban J connectivity index is 1.68. The molecule has 1 aliphatic heterocycles. The fourth-order valence-corrected chi connectivity index (χ4v) is 4.17. The van der Waals surface area contributed by atoms with Crippen LogP contribution in [0.25, 0.3) is 0 Å². The van der Waals surface area contributed by atoms with Crippen LogP contribution in [0.4, 0.5) is 5.82 Å². The van der Waals surface area contributed by atoms with Gasteiger partial charge in [0.25, 0.3) is 0 Å². The summed E-state index contributed by atoms with van der Waals surface area (Å²) in [6.07, 6.45) is 4.09. The zero-order chi connectivity index (χ0) is 15.4. The van der Waals surface area contributed by atoms with Gasteiger partial charge in [0, 0.05) is 23.7 Å². The largest absolute Gasteiger partial charge is 0.370 e. The van der Waals surface area contributed by atoms with E-state index >= 15 is 0 Å². The molecule has 3 rings (SSSR count). The van der Waals surface area contributed by atoms with Crippen LogP contribution >= 0.6 is 11.3 Å². The van der Waals surface area contributed by atoms with Gasteiger partial charge in [-0.1, -0.05) is 6.07 Å². The van der Waals surface area contributed by atoms with Crippen molar-refractivity contribution in [3.05, 3.63) is 46.3 Å². The number of hydrogen-bond donors (Lipinski definition) is 1. The molecule has 1 aliphatic rings. The Hall–Kier alpha value is -1.90. The molecular formula is C17H20N4S. The number of thiophene rings is 1. The highest BCUT2D eigenvalue weighted by atomic mass is 32.1. The summed E-state index contributed by atoms with van der Waals surface area (Å²) < 4.78 is 0. The van der Waals surface area contributed by atoms with Crippen LogP contribution in [0.1, 0.15) is 29.3 Å². The average Bonchev–Trinajstić information content (AvgIpc) is 3.07. The highest BCUT2D eigenvalue weighted by molar-refractivity contribution is 7.10. The van der Waals surface area contributed by atoms with Gasteiger partial charge in [-0.2, -0.15) is 5.26 Å². The lowest BCUT2D eigenvalue weighted by atomic mass is 9.88. The first-order valence-corrected chi connectivity index (χ1v) is 8.49. The van der Waals surface area contributed by atoms with E-state index in [0.717, 1.165) is 18.9 Å². The molecule has 0 unspecified atom stereocenters. The molecule has 0 spiro atoms. The topological polar surface area (TPSA) is 52.0 Å². The smallest absolute Gasteiger partial charge is 0.125 e. The quantitative estimate of drug-likeness (QED) is 0.938. The van der Waals surface area contributed by atoms with Crippen molar-refractivity contribution >= 4 is 17.2 Å². The summed E-state index contributed by atoms with van der Waals surface area (Å²) in [4.78, 5) is 8.21. The molecule has 1 saturated heterocycles. The summed E-state index contributed by atoms with van der Waals surface area (Å²) in [5.74, 6) is 1.42. The third kappa shape index (κ3) is 3.29. The lowest BCUT2D eigenvalue weighted by Crippen LogP contribution is -2.38. The van der Waals surface area contributed by atoms with Crippen molar-refractivity contribution in [1.82, 2.24) is 9.88 Å². The van der Waals surface area contributed by atoms with E-state index in [9.17, 15) is 0 Å². The van der Waals surface area contributed by atoms with Crippen LogP contribution in [0.15, 0.2) is 35.8 Å². The molecule has 1 N–H and O–H groups in total. The van der Waals surface area contributed by atoms with Crippen molar-refractivity contribution < 1.29 is 0 Å². The second-order valence-electron chi connectivity index (χ2n) is 5.77. The molecule has 0 saturated carbocycles. The van der Waals surface area contributed by atoms with Gasteiger partial charge in [0.05, 0.1) is 5.56 Å². The van der Waals surface area contributed by atoms with E-state index in [1.165, 1.54) is 17.7 Å². The summed E-state index contributed by atoms with van der Waals surface area (Å²) in [6.45, 7) is 2.07. The van der Waals surface area contributed by atoms with E-state index in [4.69, 9.17) is 5.26 Å². The number of nitriles is 1. The molecule has 0 radical (unpaired) electrons. The van der Waals surface area contributed by atoms with Crippen LogP contribution in [0, 0.1) is 17.2 Å². The minimum atomic E-state index is 0.486. The van der Waals surface area contributed by atoms with Crippen LogP contribution in [0.3, 0.4) is 0 Å². The fraction of sp³-hybridized carbons (Fsp3) is 0.412. The van der Waals surface area contributed by atoms with E-state index < -0.39 is 0 Å². The first-order valence-electron chi connectivity index (χ1n) is 7.61. The van der Waals surface area contributed by atoms with E-state index in [1.54, 1.807) is 12.3 Å². The van der Waals surface area contributed by atoms with Gasteiger partial charge in [0.1, 0.15) is 11.9 Å². The molecule has 0 aliphatic carbocycles. The van der Waals surface area contributed by atoms with Crippen LogP contribution in [-0.4, -0.2) is 30.0 Å². The van der Waals surface area contributed by atoms with Crippen molar-refractivity contribution in [3.63, 3.8) is 0 Å². The third-order valence-electron chi connectivity index (χ3n) is 4.28. The maximum absolute atomic E-state index is 8.82. The Morgan fingerprint density at radius 2 is 2.36 bits per heavy atom. The number of pyridine rings is 1. The van der Waals surface area contributed by atoms with Crippen molar-refractivity contribution in [2.45, 2.75) is 18.9 Å². The number of anilines is 1. The van der Waals surface area contributed by atoms with E-state index in [2.05, 4.69) is 45.8 Å². The van der Waals surface area contributed by atoms with Gasteiger partial charge in [-0.05, 0) is 55.9 Å². The second-order valence-corrected chi connectivity index (χ2v) is 6.75. The molecule has 2 aromatic rings. The predicted octanol–water partition coefficient (Wildman–Crippen LogP) is 3.51. The molecule has 2 aromatic heterocycles. The highest BCUT2D eigenvalue weighted by Crippen LogP contribution is 2.37. The number of likely N-dealkylation sites (tertiary alicyclic amines) is 1. The molecule has 22 heavy (non-hydrogen) atoms. The molecule has 0 aromatic carbocycles. The third-order valence-corrected chi connectivity index (χ3v) is 5.22. The molecule has 5 heteroatoms. The number of nitrogens with zero attached hydrogens (tertiary/aromatic N) is 3. The summed E-state index contributed by atoms with van der Waals surface area (Å²) in [7, 11) is 2.22. The second kappa shape index (κ2) is 6.91. The minimum absolute atomic E-state index is 0.486. The highest BCUT2D eigenvalue weighted by Gasteiger charge is 2.30. The lowest BCUT2D eigenvalue weighted by molar-refractivity contribution is 0.130. The molecule has 0 amide bonds. The minimum Gasteiger partial charge on any atom is -0.370 e. The molecular weight excluding hydrogens is 292 g/mol. The maximum Gasteiger partial charge on any atom is 0.125 e. The van der Waals surface area contributed by atoms with Crippen molar-refractivity contribution in [2.75, 3.05) is 25.5 Å². The van der Waals surface area contributed by atoms with Crippen LogP contribution in [0.5, 0.6) is 0 Å². The van der Waals surface area contributed by atoms with Crippen molar-refractivity contribution in [3.8, 4) is 6.07 Å². The zero-order valence-corrected chi connectivity index (χ0v) is 13.5. The Bertz CT molecular complexity index is 630. The van der Waals surface area contributed by atoms with Gasteiger partial charge in [-0.15, -0.1) is 11.3 Å². The van der Waals surface area contributed by atoms with Gasteiger partial charge in [0.15, 0.2) is 0 Å². The lowest BCUT2D eigenvalue weighted by Gasteiger charge is -2.39. The van der Waals surface area contributed by atoms with E-state index in [1.807, 2.05) is 17.4 Å². The molecule has 4 nitrogen and oxygen atoms in total. The van der Waals surface area contributed by atoms with Gasteiger partial charge < -0.3 is 5.32 Å². The maximum atomic E-state index is 8.82. The normalized spacial score (nSPS) is 22.2. The zero-order valence-electron chi connectivity index (χ0n) is 12.7. The van der Waals surface area contributed by atoms with E-state index in [-0.39, 0.29) is 0 Å². The molecule has 2 atom stereocenters. The Kier molecular flexibility index (Phi) is 4.71. The SMILES string of the molecule is CN1CCC[C@H](CNc2ccc(C#N)cn2)[C@@H]1c1cccs1. The standard InChI is InChI=1S/C17H20N4S/c1-21-8-2-4-14(17(21)15-5-3-9-22-15)12-20-16-7-6-13(10-18)11-19-16/h3,5-7,9,11,14,17H,2,4,8,12H2,1H3,(H,19,20)/t14-,17-/m1/s1. The van der Waals surface area contributed by atoms with E-state index in [0.29, 0.717) is 17.5 Å². The first kappa shape index (κ1) is 15.0. The first-order chi connectivity index (χ1) is 10.8. The molecule has 0 bridgehead atoms. The van der Waals surface area contributed by atoms with Gasteiger partial charge in [-0.3, -0.25) is 4.90 Å². The average molecular weight is 312 g/mol. The number of rotatable bonds is 4. The fourth-order valence-electron chi connectivity index (χ4n) is 3.18. The van der Waals surface area contributed by atoms with Gasteiger partial charge >= 0.3 is 0 Å². The van der Waals surface area contributed by atoms with Crippen LogP contribution in [-0.2, 0) is 0 Å².